The van der Waals surface area contributed by atoms with Crippen molar-refractivity contribution in [2.75, 3.05) is 36.9 Å². The molecule has 42 heavy (non-hydrogen) atoms. The zero-order chi connectivity index (χ0) is 30.3. The molecular formula is C31H36ClN3O6S. The average molecular weight is 614 g/mol. The first-order valence-electron chi connectivity index (χ1n) is 13.7. The standard InChI is InChI=1S/C31H36ClN3O6S/c1-22(2)19-33-31(37)27(17-23-9-5-4-6-10-23)34(20-24-11-7-8-12-26(24)32)30(36)21-35(42(3,38)39)25-13-14-28-29(18-25)41-16-15-40-28/h4-14,18,22,27H,15-17,19-21H2,1-3H3,(H,33,37)/t27-/m1/s1. The van der Waals surface area contributed by atoms with Crippen molar-refractivity contribution < 1.29 is 27.5 Å². The van der Waals surface area contributed by atoms with Gasteiger partial charge in [-0.3, -0.25) is 13.9 Å². The summed E-state index contributed by atoms with van der Waals surface area (Å²) in [5, 5.41) is 3.39. The van der Waals surface area contributed by atoms with Gasteiger partial charge in [0.25, 0.3) is 0 Å². The predicted octanol–water partition coefficient (Wildman–Crippen LogP) is 4.29. The molecule has 11 heteroatoms. The van der Waals surface area contributed by atoms with Crippen molar-refractivity contribution in [1.29, 1.82) is 0 Å². The molecule has 1 heterocycles. The van der Waals surface area contributed by atoms with E-state index in [0.717, 1.165) is 16.1 Å². The smallest absolute Gasteiger partial charge is 0.244 e. The first-order valence-corrected chi connectivity index (χ1v) is 16.0. The largest absolute Gasteiger partial charge is 0.486 e. The molecule has 4 rings (SSSR count). The van der Waals surface area contributed by atoms with E-state index in [9.17, 15) is 18.0 Å². The lowest BCUT2D eigenvalue weighted by molar-refractivity contribution is -0.140. The highest BCUT2D eigenvalue weighted by Gasteiger charge is 2.33. The molecule has 3 aromatic carbocycles. The fraction of sp³-hybridized carbons (Fsp3) is 0.355. The molecule has 3 aromatic rings. The Morgan fingerprint density at radius 2 is 1.62 bits per heavy atom. The third-order valence-electron chi connectivity index (χ3n) is 6.75. The van der Waals surface area contributed by atoms with E-state index >= 15 is 0 Å². The van der Waals surface area contributed by atoms with Crippen LogP contribution in [0.4, 0.5) is 5.69 Å². The van der Waals surface area contributed by atoms with Crippen LogP contribution in [0.5, 0.6) is 11.5 Å². The molecule has 0 unspecified atom stereocenters. The minimum absolute atomic E-state index is 0.00382. The highest BCUT2D eigenvalue weighted by molar-refractivity contribution is 7.92. The Hall–Kier alpha value is -3.76. The Labute approximate surface area is 252 Å². The minimum Gasteiger partial charge on any atom is -0.486 e. The first kappa shape index (κ1) is 31.2. The predicted molar refractivity (Wildman–Crippen MR) is 163 cm³/mol. The number of halogens is 1. The van der Waals surface area contributed by atoms with Crippen molar-refractivity contribution >= 4 is 39.1 Å². The molecule has 0 radical (unpaired) electrons. The first-order chi connectivity index (χ1) is 20.0. The summed E-state index contributed by atoms with van der Waals surface area (Å²) in [5.41, 5.74) is 1.73. The molecule has 0 saturated heterocycles. The number of carbonyl (C=O) groups excluding carboxylic acids is 2. The van der Waals surface area contributed by atoms with Gasteiger partial charge in [0.2, 0.25) is 21.8 Å². The summed E-state index contributed by atoms with van der Waals surface area (Å²) in [4.78, 5) is 29.3. The number of benzene rings is 3. The van der Waals surface area contributed by atoms with Gasteiger partial charge in [0.15, 0.2) is 11.5 Å². The fourth-order valence-electron chi connectivity index (χ4n) is 4.59. The number of fused-ring (bicyclic) bond motifs is 1. The van der Waals surface area contributed by atoms with Crippen LogP contribution in [-0.4, -0.2) is 63.7 Å². The monoisotopic (exact) mass is 613 g/mol. The number of nitrogens with one attached hydrogen (secondary N) is 1. The number of nitrogens with zero attached hydrogens (tertiary/aromatic N) is 2. The normalized spacial score (nSPS) is 13.4. The third-order valence-corrected chi connectivity index (χ3v) is 8.26. The van der Waals surface area contributed by atoms with E-state index in [1.54, 1.807) is 36.4 Å². The second kappa shape index (κ2) is 13.9. The maximum atomic E-state index is 14.2. The zero-order valence-electron chi connectivity index (χ0n) is 24.0. The van der Waals surface area contributed by atoms with Gasteiger partial charge < -0.3 is 19.7 Å². The Balaban J connectivity index is 1.73. The van der Waals surface area contributed by atoms with Gasteiger partial charge in [0.1, 0.15) is 25.8 Å². The van der Waals surface area contributed by atoms with Crippen LogP contribution in [0.25, 0.3) is 0 Å². The topological polar surface area (TPSA) is 105 Å². The van der Waals surface area contributed by atoms with Gasteiger partial charge >= 0.3 is 0 Å². The quantitative estimate of drug-likeness (QED) is 0.327. The molecule has 0 fully saturated rings. The summed E-state index contributed by atoms with van der Waals surface area (Å²) in [6.45, 7) is 4.57. The van der Waals surface area contributed by atoms with Crippen LogP contribution in [0.1, 0.15) is 25.0 Å². The van der Waals surface area contributed by atoms with E-state index in [4.69, 9.17) is 21.1 Å². The van der Waals surface area contributed by atoms with Crippen molar-refractivity contribution in [2.24, 2.45) is 5.92 Å². The SMILES string of the molecule is CC(C)CNC(=O)[C@@H](Cc1ccccc1)N(Cc1ccccc1Cl)C(=O)CN(c1ccc2c(c1)OCCO2)S(C)(=O)=O. The number of rotatable bonds is 12. The molecule has 0 spiro atoms. The van der Waals surface area contributed by atoms with Gasteiger partial charge in [0.05, 0.1) is 11.9 Å². The Morgan fingerprint density at radius 1 is 0.952 bits per heavy atom. The summed E-state index contributed by atoms with van der Waals surface area (Å²) in [5.74, 6) is 0.182. The number of sulfonamides is 1. The molecule has 1 N–H and O–H groups in total. The van der Waals surface area contributed by atoms with Crippen molar-refractivity contribution in [2.45, 2.75) is 32.9 Å². The number of anilines is 1. The van der Waals surface area contributed by atoms with Crippen LogP contribution < -0.4 is 19.1 Å². The molecule has 1 aliphatic rings. The van der Waals surface area contributed by atoms with Crippen molar-refractivity contribution in [1.82, 2.24) is 10.2 Å². The summed E-state index contributed by atoms with van der Waals surface area (Å²) in [6.07, 6.45) is 1.26. The summed E-state index contributed by atoms with van der Waals surface area (Å²) < 4.78 is 38.3. The Kier molecular flexibility index (Phi) is 10.3. The van der Waals surface area contributed by atoms with Crippen LogP contribution in [-0.2, 0) is 32.6 Å². The summed E-state index contributed by atoms with van der Waals surface area (Å²) >= 11 is 6.49. The van der Waals surface area contributed by atoms with Crippen molar-refractivity contribution in [3.63, 3.8) is 0 Å². The lowest BCUT2D eigenvalue weighted by atomic mass is 10.0. The fourth-order valence-corrected chi connectivity index (χ4v) is 5.62. The van der Waals surface area contributed by atoms with Crippen molar-refractivity contribution in [3.8, 4) is 11.5 Å². The van der Waals surface area contributed by atoms with E-state index < -0.39 is 28.5 Å². The molecule has 9 nitrogen and oxygen atoms in total. The number of ether oxygens (including phenoxy) is 2. The Bertz CT molecular complexity index is 1500. The van der Waals surface area contributed by atoms with E-state index in [-0.39, 0.29) is 30.5 Å². The van der Waals surface area contributed by atoms with Gasteiger partial charge in [-0.05, 0) is 35.2 Å². The zero-order valence-corrected chi connectivity index (χ0v) is 25.5. The average Bonchev–Trinajstić information content (AvgIpc) is 2.97. The van der Waals surface area contributed by atoms with E-state index in [0.29, 0.717) is 41.8 Å². The molecule has 2 amide bonds. The van der Waals surface area contributed by atoms with Gasteiger partial charge in [-0.25, -0.2) is 8.42 Å². The lowest BCUT2D eigenvalue weighted by Crippen LogP contribution is -2.53. The van der Waals surface area contributed by atoms with Gasteiger partial charge in [-0.1, -0.05) is 74.0 Å². The van der Waals surface area contributed by atoms with Crippen LogP contribution in [0.3, 0.4) is 0 Å². The van der Waals surface area contributed by atoms with Crippen LogP contribution >= 0.6 is 11.6 Å². The number of hydrogen-bond donors (Lipinski definition) is 1. The van der Waals surface area contributed by atoms with E-state index in [1.165, 1.54) is 11.0 Å². The number of hydrogen-bond acceptors (Lipinski definition) is 6. The molecule has 0 saturated carbocycles. The minimum atomic E-state index is -3.92. The van der Waals surface area contributed by atoms with Crippen LogP contribution in [0.2, 0.25) is 5.02 Å². The second-order valence-corrected chi connectivity index (χ2v) is 12.9. The molecule has 1 atom stereocenters. The van der Waals surface area contributed by atoms with Crippen LogP contribution in [0.15, 0.2) is 72.8 Å². The molecule has 0 bridgehead atoms. The highest BCUT2D eigenvalue weighted by atomic mass is 35.5. The number of carbonyl (C=O) groups is 2. The second-order valence-electron chi connectivity index (χ2n) is 10.6. The lowest BCUT2D eigenvalue weighted by Gasteiger charge is -2.34. The highest BCUT2D eigenvalue weighted by Crippen LogP contribution is 2.35. The third kappa shape index (κ3) is 8.17. The molecule has 0 aliphatic carbocycles. The van der Waals surface area contributed by atoms with Crippen LogP contribution in [0, 0.1) is 5.92 Å². The maximum absolute atomic E-state index is 14.2. The maximum Gasteiger partial charge on any atom is 0.244 e. The van der Waals surface area contributed by atoms with Gasteiger partial charge in [-0.2, -0.15) is 0 Å². The summed E-state index contributed by atoms with van der Waals surface area (Å²) in [7, 11) is -3.92. The molecular weight excluding hydrogens is 578 g/mol. The van der Waals surface area contributed by atoms with Crippen molar-refractivity contribution in [3.05, 3.63) is 88.9 Å². The van der Waals surface area contributed by atoms with Gasteiger partial charge in [0, 0.05) is 30.6 Å². The van der Waals surface area contributed by atoms with Gasteiger partial charge in [-0.15, -0.1) is 0 Å². The molecule has 0 aromatic heterocycles. The molecule has 224 valence electrons. The number of amides is 2. The van der Waals surface area contributed by atoms with E-state index in [2.05, 4.69) is 5.32 Å². The molecule has 1 aliphatic heterocycles. The van der Waals surface area contributed by atoms with E-state index in [1.807, 2.05) is 44.2 Å². The summed E-state index contributed by atoms with van der Waals surface area (Å²) in [6, 6.07) is 20.2. The Morgan fingerprint density at radius 3 is 2.29 bits per heavy atom.